The second kappa shape index (κ2) is 5.10. The third-order valence-electron chi connectivity index (χ3n) is 3.44. The average Bonchev–Trinajstić information content (AvgIpc) is 2.81. The van der Waals surface area contributed by atoms with Crippen LogP contribution < -0.4 is 5.73 Å². The van der Waals surface area contributed by atoms with Crippen molar-refractivity contribution in [3.05, 3.63) is 29.8 Å². The van der Waals surface area contributed by atoms with Gasteiger partial charge in [0.15, 0.2) is 5.69 Å². The number of nitrogens with two attached hydrogens (primary N) is 1. The molecule has 3 rings (SSSR count). The number of nitrogen functional groups attached to an aromatic ring is 1. The molecule has 3 heterocycles. The number of pyridine rings is 1. The van der Waals surface area contributed by atoms with E-state index in [0.717, 1.165) is 13.1 Å². The number of anilines is 1. The van der Waals surface area contributed by atoms with E-state index in [-0.39, 0.29) is 5.69 Å². The van der Waals surface area contributed by atoms with Gasteiger partial charge in [0.05, 0.1) is 25.4 Å². The fraction of sp³-hybridized carbons (Fsp3) is 0.385. The van der Waals surface area contributed by atoms with Gasteiger partial charge in [-0.2, -0.15) is 0 Å². The van der Waals surface area contributed by atoms with Crippen LogP contribution in [0.5, 0.6) is 0 Å². The minimum absolute atomic E-state index is 0.00589. The fourth-order valence-electron chi connectivity index (χ4n) is 2.45. The molecule has 7 nitrogen and oxygen atoms in total. The number of hydrogen-bond acceptors (Lipinski definition) is 5. The zero-order valence-electron chi connectivity index (χ0n) is 11.0. The van der Waals surface area contributed by atoms with Crippen LogP contribution in [-0.2, 0) is 11.3 Å². The Balaban J connectivity index is 2.02. The summed E-state index contributed by atoms with van der Waals surface area (Å²) in [7, 11) is 0. The summed E-state index contributed by atoms with van der Waals surface area (Å²) in [4.78, 5) is 17.7. The lowest BCUT2D eigenvalue weighted by molar-refractivity contribution is 0.0329. The van der Waals surface area contributed by atoms with Crippen molar-refractivity contribution in [1.29, 1.82) is 0 Å². The normalized spacial score (nSPS) is 16.6. The summed E-state index contributed by atoms with van der Waals surface area (Å²) in [6.45, 7) is 3.61. The third-order valence-corrected chi connectivity index (χ3v) is 3.44. The van der Waals surface area contributed by atoms with Crippen molar-refractivity contribution in [2.24, 2.45) is 0 Å². The topological polar surface area (TPSA) is 93.1 Å². The number of aromatic carboxylic acids is 1. The van der Waals surface area contributed by atoms with Gasteiger partial charge in [-0.3, -0.25) is 9.30 Å². The first-order valence-corrected chi connectivity index (χ1v) is 6.45. The molecule has 3 N–H and O–H groups in total. The lowest BCUT2D eigenvalue weighted by atomic mass is 10.3. The Hall–Kier alpha value is -2.12. The van der Waals surface area contributed by atoms with Gasteiger partial charge in [-0.25, -0.2) is 9.78 Å². The lowest BCUT2D eigenvalue weighted by Crippen LogP contribution is -2.36. The first-order valence-electron chi connectivity index (χ1n) is 6.45. The highest BCUT2D eigenvalue weighted by Gasteiger charge is 2.20. The monoisotopic (exact) mass is 276 g/mol. The van der Waals surface area contributed by atoms with Crippen LogP contribution in [-0.4, -0.2) is 51.7 Å². The van der Waals surface area contributed by atoms with Crippen molar-refractivity contribution < 1.29 is 14.6 Å². The maximum atomic E-state index is 11.3. The molecule has 0 radical (unpaired) electrons. The summed E-state index contributed by atoms with van der Waals surface area (Å²) in [6, 6.07) is 3.47. The van der Waals surface area contributed by atoms with Crippen molar-refractivity contribution in [1.82, 2.24) is 14.3 Å². The number of hydrogen-bond donors (Lipinski definition) is 2. The second-order valence-corrected chi connectivity index (χ2v) is 4.75. The number of fused-ring (bicyclic) bond motifs is 1. The van der Waals surface area contributed by atoms with Crippen molar-refractivity contribution in [2.75, 3.05) is 32.0 Å². The molecule has 0 saturated carbocycles. The predicted octanol–water partition coefficient (Wildman–Crippen LogP) is 0.447. The van der Waals surface area contributed by atoms with Crippen LogP contribution in [0.4, 0.5) is 5.69 Å². The number of ether oxygens (including phenoxy) is 1. The molecular formula is C13H16N4O3. The van der Waals surface area contributed by atoms with Gasteiger partial charge in [0.2, 0.25) is 0 Å². The first kappa shape index (κ1) is 12.9. The summed E-state index contributed by atoms with van der Waals surface area (Å²) in [5, 5.41) is 9.26. The Morgan fingerprint density at radius 2 is 2.20 bits per heavy atom. The molecular weight excluding hydrogens is 260 g/mol. The smallest absolute Gasteiger partial charge is 0.356 e. The summed E-state index contributed by atoms with van der Waals surface area (Å²) in [6.07, 6.45) is 1.79. The van der Waals surface area contributed by atoms with E-state index in [1.165, 1.54) is 0 Å². The Kier molecular flexibility index (Phi) is 3.29. The van der Waals surface area contributed by atoms with Crippen molar-refractivity contribution >= 4 is 17.2 Å². The zero-order chi connectivity index (χ0) is 14.1. The molecule has 0 atom stereocenters. The van der Waals surface area contributed by atoms with Crippen LogP contribution >= 0.6 is 0 Å². The molecule has 1 aliphatic rings. The molecule has 20 heavy (non-hydrogen) atoms. The number of carbonyl (C=O) groups is 1. The molecule has 0 aliphatic carbocycles. The molecule has 1 saturated heterocycles. The molecule has 0 aromatic carbocycles. The van der Waals surface area contributed by atoms with Gasteiger partial charge in [0, 0.05) is 19.3 Å². The predicted molar refractivity (Wildman–Crippen MR) is 72.7 cm³/mol. The zero-order valence-corrected chi connectivity index (χ0v) is 11.0. The Labute approximate surface area is 115 Å². The highest BCUT2D eigenvalue weighted by atomic mass is 16.5. The average molecular weight is 276 g/mol. The fourth-order valence-corrected chi connectivity index (χ4v) is 2.45. The SMILES string of the molecule is Nc1cccn2c(CN3CCOCC3)nc(C(=O)O)c12. The van der Waals surface area contributed by atoms with Gasteiger partial charge < -0.3 is 15.6 Å². The van der Waals surface area contributed by atoms with Gasteiger partial charge in [-0.15, -0.1) is 0 Å². The number of aromatic nitrogens is 2. The summed E-state index contributed by atoms with van der Waals surface area (Å²) in [5.41, 5.74) is 6.77. The summed E-state index contributed by atoms with van der Waals surface area (Å²) < 4.78 is 7.06. The molecule has 7 heteroatoms. The van der Waals surface area contributed by atoms with Crippen molar-refractivity contribution in [2.45, 2.75) is 6.54 Å². The molecule has 1 fully saturated rings. The number of rotatable bonds is 3. The maximum absolute atomic E-state index is 11.3. The van der Waals surface area contributed by atoms with E-state index in [9.17, 15) is 9.90 Å². The minimum atomic E-state index is -1.06. The molecule has 0 unspecified atom stereocenters. The van der Waals surface area contributed by atoms with E-state index in [2.05, 4.69) is 9.88 Å². The van der Waals surface area contributed by atoms with Gasteiger partial charge in [0.1, 0.15) is 11.3 Å². The van der Waals surface area contributed by atoms with Gasteiger partial charge in [-0.1, -0.05) is 0 Å². The van der Waals surface area contributed by atoms with Crippen LogP contribution in [0, 0.1) is 0 Å². The van der Waals surface area contributed by atoms with Gasteiger partial charge in [0.25, 0.3) is 0 Å². The highest BCUT2D eigenvalue weighted by Crippen LogP contribution is 2.21. The number of carboxylic acid groups (broad SMARTS) is 1. The number of morpholine rings is 1. The quantitative estimate of drug-likeness (QED) is 0.845. The van der Waals surface area contributed by atoms with Crippen molar-refractivity contribution in [3.63, 3.8) is 0 Å². The van der Waals surface area contributed by atoms with E-state index >= 15 is 0 Å². The van der Waals surface area contributed by atoms with E-state index in [4.69, 9.17) is 10.5 Å². The molecule has 2 aromatic rings. The maximum Gasteiger partial charge on any atom is 0.356 e. The second-order valence-electron chi connectivity index (χ2n) is 4.75. The Morgan fingerprint density at radius 1 is 1.45 bits per heavy atom. The van der Waals surface area contributed by atoms with E-state index in [0.29, 0.717) is 36.8 Å². The standard InChI is InChI=1S/C13H16N4O3/c14-9-2-1-3-17-10(8-16-4-6-20-7-5-16)15-11(12(9)17)13(18)19/h1-3H,4-8,14H2,(H,18,19). The van der Waals surface area contributed by atoms with Crippen molar-refractivity contribution in [3.8, 4) is 0 Å². The number of carboxylic acids is 1. The molecule has 0 bridgehead atoms. The van der Waals surface area contributed by atoms with Crippen LogP contribution in [0.15, 0.2) is 18.3 Å². The van der Waals surface area contributed by atoms with Crippen LogP contribution in [0.3, 0.4) is 0 Å². The minimum Gasteiger partial charge on any atom is -0.476 e. The number of imidazole rings is 1. The molecule has 106 valence electrons. The van der Waals surface area contributed by atoms with Crippen LogP contribution in [0.2, 0.25) is 0 Å². The third kappa shape index (κ3) is 2.21. The van der Waals surface area contributed by atoms with Gasteiger partial charge in [-0.05, 0) is 12.1 Å². The summed E-state index contributed by atoms with van der Waals surface area (Å²) in [5.74, 6) is -0.375. The highest BCUT2D eigenvalue weighted by molar-refractivity contribution is 5.97. The Bertz CT molecular complexity index is 646. The van der Waals surface area contributed by atoms with Crippen LogP contribution in [0.25, 0.3) is 5.52 Å². The molecule has 0 amide bonds. The van der Waals surface area contributed by atoms with E-state index < -0.39 is 5.97 Å². The first-order chi connectivity index (χ1) is 9.66. The van der Waals surface area contributed by atoms with Gasteiger partial charge >= 0.3 is 5.97 Å². The largest absolute Gasteiger partial charge is 0.476 e. The number of nitrogens with zero attached hydrogens (tertiary/aromatic N) is 3. The molecule has 2 aromatic heterocycles. The summed E-state index contributed by atoms with van der Waals surface area (Å²) >= 11 is 0. The Morgan fingerprint density at radius 3 is 2.90 bits per heavy atom. The molecule has 1 aliphatic heterocycles. The van der Waals surface area contributed by atoms with Crippen LogP contribution in [0.1, 0.15) is 16.3 Å². The lowest BCUT2D eigenvalue weighted by Gasteiger charge is -2.25. The molecule has 0 spiro atoms. The van der Waals surface area contributed by atoms with E-state index in [1.807, 2.05) is 0 Å². The van der Waals surface area contributed by atoms with E-state index in [1.54, 1.807) is 22.7 Å².